The Bertz CT molecular complexity index is 371. The van der Waals surface area contributed by atoms with Crippen LogP contribution in [-0.2, 0) is 9.59 Å². The topological polar surface area (TPSA) is 107 Å². The van der Waals surface area contributed by atoms with E-state index in [9.17, 15) is 14.4 Å². The van der Waals surface area contributed by atoms with Gasteiger partial charge in [-0.05, 0) is 25.7 Å². The molecule has 1 heterocycles. The minimum Gasteiger partial charge on any atom is -0.481 e. The summed E-state index contributed by atoms with van der Waals surface area (Å²) in [5.74, 6) is -2.23. The minimum atomic E-state index is -1.39. The lowest BCUT2D eigenvalue weighted by atomic mass is 9.95. The number of hydrogen-bond acceptors (Lipinski definition) is 3. The summed E-state index contributed by atoms with van der Waals surface area (Å²) in [6.45, 7) is 4.49. The van der Waals surface area contributed by atoms with Gasteiger partial charge in [-0.3, -0.25) is 4.79 Å². The van der Waals surface area contributed by atoms with E-state index in [0.717, 1.165) is 12.8 Å². The van der Waals surface area contributed by atoms with Crippen LogP contribution in [0, 0.1) is 5.92 Å². The highest BCUT2D eigenvalue weighted by Crippen LogP contribution is 2.21. The molecule has 0 radical (unpaired) electrons. The number of carboxylic acid groups (broad SMARTS) is 2. The van der Waals surface area contributed by atoms with Crippen molar-refractivity contribution in [2.24, 2.45) is 5.92 Å². The maximum atomic E-state index is 12.0. The molecule has 0 aromatic heterocycles. The Morgan fingerprint density at radius 3 is 2.42 bits per heavy atom. The van der Waals surface area contributed by atoms with Crippen molar-refractivity contribution in [2.45, 2.75) is 45.2 Å². The van der Waals surface area contributed by atoms with Gasteiger partial charge in [0, 0.05) is 12.6 Å². The number of aliphatic carboxylic acids is 2. The van der Waals surface area contributed by atoms with Gasteiger partial charge in [-0.2, -0.15) is 0 Å². The highest BCUT2D eigenvalue weighted by Gasteiger charge is 2.30. The predicted molar refractivity (Wildman–Crippen MR) is 66.8 cm³/mol. The summed E-state index contributed by atoms with van der Waals surface area (Å²) in [6.07, 6.45) is 1.27. The zero-order chi connectivity index (χ0) is 14.6. The number of likely N-dealkylation sites (tertiary alicyclic amines) is 1. The van der Waals surface area contributed by atoms with E-state index in [2.05, 4.69) is 5.32 Å². The van der Waals surface area contributed by atoms with E-state index in [1.165, 1.54) is 0 Å². The summed E-state index contributed by atoms with van der Waals surface area (Å²) in [4.78, 5) is 35.0. The molecule has 3 unspecified atom stereocenters. The van der Waals surface area contributed by atoms with Crippen LogP contribution in [0.25, 0.3) is 0 Å². The predicted octanol–water partition coefficient (Wildman–Crippen LogP) is 0.744. The van der Waals surface area contributed by atoms with Crippen LogP contribution < -0.4 is 5.32 Å². The van der Waals surface area contributed by atoms with Crippen molar-refractivity contribution in [1.29, 1.82) is 0 Å². The number of nitrogens with zero attached hydrogens (tertiary/aromatic N) is 1. The first-order valence-electron chi connectivity index (χ1n) is 6.33. The van der Waals surface area contributed by atoms with Crippen LogP contribution >= 0.6 is 0 Å². The van der Waals surface area contributed by atoms with E-state index < -0.39 is 30.4 Å². The summed E-state index contributed by atoms with van der Waals surface area (Å²) in [7, 11) is 0. The van der Waals surface area contributed by atoms with E-state index in [1.807, 2.05) is 13.8 Å². The molecule has 1 rings (SSSR count). The summed E-state index contributed by atoms with van der Waals surface area (Å²) < 4.78 is 0. The molecule has 0 aliphatic carbocycles. The number of amides is 2. The highest BCUT2D eigenvalue weighted by atomic mass is 16.4. The number of hydrogen-bond donors (Lipinski definition) is 3. The van der Waals surface area contributed by atoms with Crippen LogP contribution in [0.2, 0.25) is 0 Å². The third-order valence-electron chi connectivity index (χ3n) is 3.35. The number of piperidine rings is 1. The third-order valence-corrected chi connectivity index (χ3v) is 3.35. The molecule has 19 heavy (non-hydrogen) atoms. The van der Waals surface area contributed by atoms with Gasteiger partial charge in [-0.15, -0.1) is 0 Å². The third kappa shape index (κ3) is 4.42. The molecule has 1 fully saturated rings. The Kier molecular flexibility index (Phi) is 5.14. The van der Waals surface area contributed by atoms with Crippen molar-refractivity contribution in [3.05, 3.63) is 0 Å². The standard InChI is InChI=1S/C12H20N2O5/c1-7-3-4-8(2)14(6-7)12(19)13-9(11(17)18)5-10(15)16/h7-9H,3-6H2,1-2H3,(H,13,19)(H,15,16)(H,17,18). The second kappa shape index (κ2) is 6.40. The molecule has 0 aromatic carbocycles. The minimum absolute atomic E-state index is 0.0375. The molecule has 0 saturated carbocycles. The molecule has 0 spiro atoms. The van der Waals surface area contributed by atoms with Crippen LogP contribution in [0.15, 0.2) is 0 Å². The first kappa shape index (κ1) is 15.3. The molecule has 1 aliphatic heterocycles. The fourth-order valence-corrected chi connectivity index (χ4v) is 2.18. The molecule has 7 heteroatoms. The second-order valence-electron chi connectivity index (χ2n) is 5.12. The van der Waals surface area contributed by atoms with Crippen molar-refractivity contribution in [3.63, 3.8) is 0 Å². The molecule has 7 nitrogen and oxygen atoms in total. The zero-order valence-corrected chi connectivity index (χ0v) is 11.1. The number of carbonyl (C=O) groups is 3. The lowest BCUT2D eigenvalue weighted by molar-refractivity contribution is -0.145. The molecular weight excluding hydrogens is 252 g/mol. The van der Waals surface area contributed by atoms with Gasteiger partial charge in [0.05, 0.1) is 6.42 Å². The quantitative estimate of drug-likeness (QED) is 0.700. The van der Waals surface area contributed by atoms with Crippen LogP contribution in [-0.4, -0.2) is 51.7 Å². The van der Waals surface area contributed by atoms with Gasteiger partial charge >= 0.3 is 18.0 Å². The Morgan fingerprint density at radius 1 is 1.26 bits per heavy atom. The lowest BCUT2D eigenvalue weighted by Crippen LogP contribution is -2.53. The average molecular weight is 272 g/mol. The van der Waals surface area contributed by atoms with E-state index in [4.69, 9.17) is 10.2 Å². The maximum absolute atomic E-state index is 12.0. The van der Waals surface area contributed by atoms with Gasteiger partial charge in [0.25, 0.3) is 0 Å². The van der Waals surface area contributed by atoms with Crippen LogP contribution in [0.5, 0.6) is 0 Å². The van der Waals surface area contributed by atoms with Crippen molar-refractivity contribution < 1.29 is 24.6 Å². The van der Waals surface area contributed by atoms with E-state index in [0.29, 0.717) is 12.5 Å². The molecule has 1 aliphatic rings. The Balaban J connectivity index is 2.65. The molecule has 3 N–H and O–H groups in total. The Labute approximate surface area is 111 Å². The smallest absolute Gasteiger partial charge is 0.326 e. The number of carbonyl (C=O) groups excluding carboxylic acids is 1. The van der Waals surface area contributed by atoms with Gasteiger partial charge in [0.2, 0.25) is 0 Å². The fourth-order valence-electron chi connectivity index (χ4n) is 2.18. The largest absolute Gasteiger partial charge is 0.481 e. The van der Waals surface area contributed by atoms with Gasteiger partial charge in [-0.1, -0.05) is 6.92 Å². The van der Waals surface area contributed by atoms with Gasteiger partial charge in [-0.25, -0.2) is 9.59 Å². The number of rotatable bonds is 4. The summed E-state index contributed by atoms with van der Waals surface area (Å²) in [5, 5.41) is 19.8. The Morgan fingerprint density at radius 2 is 1.89 bits per heavy atom. The summed E-state index contributed by atoms with van der Waals surface area (Å²) >= 11 is 0. The van der Waals surface area contributed by atoms with Crippen LogP contribution in [0.3, 0.4) is 0 Å². The first-order chi connectivity index (χ1) is 8.81. The normalized spacial score (nSPS) is 24.6. The van der Waals surface area contributed by atoms with Crippen LogP contribution in [0.4, 0.5) is 4.79 Å². The van der Waals surface area contributed by atoms with E-state index in [1.54, 1.807) is 4.90 Å². The van der Waals surface area contributed by atoms with Gasteiger partial charge in [0.15, 0.2) is 0 Å². The van der Waals surface area contributed by atoms with Crippen molar-refractivity contribution in [1.82, 2.24) is 10.2 Å². The summed E-state index contributed by atoms with van der Waals surface area (Å²) in [5.41, 5.74) is 0. The highest BCUT2D eigenvalue weighted by molar-refractivity contribution is 5.86. The average Bonchev–Trinajstić information content (AvgIpc) is 2.30. The Hall–Kier alpha value is -1.79. The monoisotopic (exact) mass is 272 g/mol. The summed E-state index contributed by atoms with van der Waals surface area (Å²) in [6, 6.07) is -1.86. The first-order valence-corrected chi connectivity index (χ1v) is 6.33. The molecule has 0 aromatic rings. The van der Waals surface area contributed by atoms with E-state index in [-0.39, 0.29) is 6.04 Å². The molecular formula is C12H20N2O5. The molecule has 2 amide bonds. The second-order valence-corrected chi connectivity index (χ2v) is 5.12. The van der Waals surface area contributed by atoms with Crippen molar-refractivity contribution in [3.8, 4) is 0 Å². The maximum Gasteiger partial charge on any atom is 0.326 e. The molecule has 108 valence electrons. The van der Waals surface area contributed by atoms with E-state index >= 15 is 0 Å². The molecule has 3 atom stereocenters. The SMILES string of the molecule is CC1CCC(C)N(C(=O)NC(CC(=O)O)C(=O)O)C1. The molecule has 1 saturated heterocycles. The number of nitrogens with one attached hydrogen (secondary N) is 1. The van der Waals surface area contributed by atoms with Gasteiger partial charge < -0.3 is 20.4 Å². The van der Waals surface area contributed by atoms with Crippen molar-refractivity contribution >= 4 is 18.0 Å². The van der Waals surface area contributed by atoms with Gasteiger partial charge in [0.1, 0.15) is 6.04 Å². The van der Waals surface area contributed by atoms with Crippen molar-refractivity contribution in [2.75, 3.05) is 6.54 Å². The lowest BCUT2D eigenvalue weighted by Gasteiger charge is -2.37. The van der Waals surface area contributed by atoms with Crippen LogP contribution in [0.1, 0.15) is 33.1 Å². The number of urea groups is 1. The molecule has 0 bridgehead atoms. The zero-order valence-electron chi connectivity index (χ0n) is 11.1. The fraction of sp³-hybridized carbons (Fsp3) is 0.750. The number of carboxylic acids is 2.